The molecule has 6 heteroatoms. The van der Waals surface area contributed by atoms with E-state index in [1.807, 2.05) is 11.8 Å². The van der Waals surface area contributed by atoms with Crippen molar-refractivity contribution in [3.8, 4) is 0 Å². The smallest absolute Gasteiger partial charge is 0.320 e. The standard InChI is InChI=1S/C14H24N2O3S/c1-2-16(11-6-4-3-5-7-11)13(17)10-20-9-8-12(15)14(18)19/h6,12H,2-5,7-10,15H2,1H3,(H,18,19). The van der Waals surface area contributed by atoms with Crippen molar-refractivity contribution in [2.24, 2.45) is 5.73 Å². The molecule has 114 valence electrons. The highest BCUT2D eigenvalue weighted by Crippen LogP contribution is 2.21. The number of allylic oxidation sites excluding steroid dienone is 2. The number of carbonyl (C=O) groups is 2. The molecule has 1 aliphatic rings. The Kier molecular flexibility index (Phi) is 7.69. The minimum Gasteiger partial charge on any atom is -0.480 e. The molecule has 0 radical (unpaired) electrons. The average molecular weight is 300 g/mol. The molecule has 0 aromatic carbocycles. The molecule has 20 heavy (non-hydrogen) atoms. The van der Waals surface area contributed by atoms with Crippen LogP contribution in [0.4, 0.5) is 0 Å². The summed E-state index contributed by atoms with van der Waals surface area (Å²) in [6.07, 6.45) is 6.94. The van der Waals surface area contributed by atoms with Gasteiger partial charge in [0.05, 0.1) is 5.75 Å². The number of hydrogen-bond acceptors (Lipinski definition) is 4. The summed E-state index contributed by atoms with van der Waals surface area (Å²) >= 11 is 1.45. The zero-order chi connectivity index (χ0) is 15.0. The molecule has 0 bridgehead atoms. The van der Waals surface area contributed by atoms with Crippen LogP contribution in [0.15, 0.2) is 11.8 Å². The van der Waals surface area contributed by atoms with Crippen LogP contribution in [0.1, 0.15) is 39.0 Å². The normalized spacial score (nSPS) is 16.4. The maximum Gasteiger partial charge on any atom is 0.320 e. The van der Waals surface area contributed by atoms with Crippen molar-refractivity contribution < 1.29 is 14.7 Å². The molecular weight excluding hydrogens is 276 g/mol. The number of thioether (sulfide) groups is 1. The molecule has 0 saturated carbocycles. The topological polar surface area (TPSA) is 83.6 Å². The highest BCUT2D eigenvalue weighted by atomic mass is 32.2. The summed E-state index contributed by atoms with van der Waals surface area (Å²) in [6, 6.07) is -0.832. The number of nitrogens with two attached hydrogens (primary N) is 1. The van der Waals surface area contributed by atoms with Gasteiger partial charge in [-0.2, -0.15) is 11.8 Å². The van der Waals surface area contributed by atoms with Crippen LogP contribution in [0.25, 0.3) is 0 Å². The molecule has 1 atom stereocenters. The molecule has 0 heterocycles. The van der Waals surface area contributed by atoms with E-state index >= 15 is 0 Å². The Morgan fingerprint density at radius 1 is 1.50 bits per heavy atom. The lowest BCUT2D eigenvalue weighted by molar-refractivity contribution is -0.138. The van der Waals surface area contributed by atoms with Gasteiger partial charge in [-0.1, -0.05) is 6.08 Å². The fourth-order valence-electron chi connectivity index (χ4n) is 2.18. The van der Waals surface area contributed by atoms with Crippen LogP contribution in [-0.2, 0) is 9.59 Å². The number of aliphatic carboxylic acids is 1. The first-order valence-electron chi connectivity index (χ1n) is 7.11. The van der Waals surface area contributed by atoms with E-state index in [1.165, 1.54) is 18.2 Å². The summed E-state index contributed by atoms with van der Waals surface area (Å²) < 4.78 is 0. The molecule has 0 fully saturated rings. The Bertz CT molecular complexity index is 371. The highest BCUT2D eigenvalue weighted by Gasteiger charge is 2.18. The Morgan fingerprint density at radius 3 is 2.80 bits per heavy atom. The van der Waals surface area contributed by atoms with Crippen molar-refractivity contribution in [2.45, 2.75) is 45.1 Å². The van der Waals surface area contributed by atoms with Crippen LogP contribution < -0.4 is 5.73 Å². The molecule has 1 rings (SSSR count). The number of carbonyl (C=O) groups excluding carboxylic acids is 1. The predicted octanol–water partition coefficient (Wildman–Crippen LogP) is 1.83. The lowest BCUT2D eigenvalue weighted by atomic mass is 10.0. The lowest BCUT2D eigenvalue weighted by Gasteiger charge is -2.26. The molecule has 0 saturated heterocycles. The third kappa shape index (κ3) is 5.54. The van der Waals surface area contributed by atoms with Gasteiger partial charge in [0.1, 0.15) is 6.04 Å². The van der Waals surface area contributed by atoms with Gasteiger partial charge in [-0.05, 0) is 44.8 Å². The molecule has 5 nitrogen and oxygen atoms in total. The average Bonchev–Trinajstić information content (AvgIpc) is 2.45. The van der Waals surface area contributed by atoms with Crippen LogP contribution in [-0.4, -0.2) is 46.0 Å². The summed E-state index contributed by atoms with van der Waals surface area (Å²) in [5.74, 6) is 0.0990. The number of carboxylic acid groups (broad SMARTS) is 1. The van der Waals surface area contributed by atoms with Crippen molar-refractivity contribution in [3.63, 3.8) is 0 Å². The van der Waals surface area contributed by atoms with Gasteiger partial charge >= 0.3 is 5.97 Å². The molecule has 1 unspecified atom stereocenters. The highest BCUT2D eigenvalue weighted by molar-refractivity contribution is 7.99. The quantitative estimate of drug-likeness (QED) is 0.668. The van der Waals surface area contributed by atoms with Gasteiger partial charge in [0.15, 0.2) is 0 Å². The predicted molar refractivity (Wildman–Crippen MR) is 81.5 cm³/mol. The zero-order valence-corrected chi connectivity index (χ0v) is 12.8. The van der Waals surface area contributed by atoms with Crippen LogP contribution >= 0.6 is 11.8 Å². The van der Waals surface area contributed by atoms with E-state index in [-0.39, 0.29) is 5.91 Å². The van der Waals surface area contributed by atoms with Gasteiger partial charge in [0.2, 0.25) is 5.91 Å². The van der Waals surface area contributed by atoms with Crippen LogP contribution in [0, 0.1) is 0 Å². The summed E-state index contributed by atoms with van der Waals surface area (Å²) in [4.78, 5) is 24.6. The van der Waals surface area contributed by atoms with Gasteiger partial charge in [0, 0.05) is 12.2 Å². The summed E-state index contributed by atoms with van der Waals surface area (Å²) in [7, 11) is 0. The molecule has 0 spiro atoms. The largest absolute Gasteiger partial charge is 0.480 e. The Balaban J connectivity index is 2.33. The monoisotopic (exact) mass is 300 g/mol. The van der Waals surface area contributed by atoms with E-state index < -0.39 is 12.0 Å². The third-order valence-corrected chi connectivity index (χ3v) is 4.32. The van der Waals surface area contributed by atoms with E-state index in [2.05, 4.69) is 6.08 Å². The number of hydrogen-bond donors (Lipinski definition) is 2. The molecule has 1 amide bonds. The van der Waals surface area contributed by atoms with E-state index in [1.54, 1.807) is 0 Å². The SMILES string of the molecule is CCN(C(=O)CSCCC(N)C(=O)O)C1=CCCCC1. The van der Waals surface area contributed by atoms with E-state index in [0.717, 1.165) is 25.0 Å². The first-order valence-corrected chi connectivity index (χ1v) is 8.27. The third-order valence-electron chi connectivity index (χ3n) is 3.35. The fourth-order valence-corrected chi connectivity index (χ4v) is 3.07. The Hall–Kier alpha value is -1.01. The maximum atomic E-state index is 12.2. The van der Waals surface area contributed by atoms with Crippen LogP contribution in [0.2, 0.25) is 0 Å². The van der Waals surface area contributed by atoms with E-state index in [0.29, 0.717) is 24.5 Å². The van der Waals surface area contributed by atoms with Gasteiger partial charge in [-0.25, -0.2) is 0 Å². The van der Waals surface area contributed by atoms with E-state index in [4.69, 9.17) is 10.8 Å². The molecule has 1 aliphatic carbocycles. The Labute approximate surface area is 124 Å². The zero-order valence-electron chi connectivity index (χ0n) is 12.0. The maximum absolute atomic E-state index is 12.2. The molecule has 0 aromatic heterocycles. The van der Waals surface area contributed by atoms with Gasteiger partial charge in [0.25, 0.3) is 0 Å². The van der Waals surface area contributed by atoms with Crippen molar-refractivity contribution in [1.29, 1.82) is 0 Å². The fraction of sp³-hybridized carbons (Fsp3) is 0.714. The Morgan fingerprint density at radius 2 is 2.25 bits per heavy atom. The van der Waals surface area contributed by atoms with Crippen molar-refractivity contribution >= 4 is 23.6 Å². The molecular formula is C14H24N2O3S. The van der Waals surface area contributed by atoms with Crippen LogP contribution in [0.5, 0.6) is 0 Å². The van der Waals surface area contributed by atoms with Crippen LogP contribution in [0.3, 0.4) is 0 Å². The van der Waals surface area contributed by atoms with Crippen molar-refractivity contribution in [3.05, 3.63) is 11.8 Å². The van der Waals surface area contributed by atoms with Gasteiger partial charge in [-0.15, -0.1) is 0 Å². The number of amides is 1. The molecule has 0 aromatic rings. The number of carboxylic acids is 1. The van der Waals surface area contributed by atoms with Crippen molar-refractivity contribution in [2.75, 3.05) is 18.1 Å². The summed E-state index contributed by atoms with van der Waals surface area (Å²) in [5.41, 5.74) is 6.56. The second-order valence-electron chi connectivity index (χ2n) is 4.87. The summed E-state index contributed by atoms with van der Waals surface area (Å²) in [5, 5.41) is 8.67. The first-order chi connectivity index (χ1) is 9.56. The van der Waals surface area contributed by atoms with Gasteiger partial charge in [-0.3, -0.25) is 9.59 Å². The second-order valence-corrected chi connectivity index (χ2v) is 5.97. The second kappa shape index (κ2) is 9.02. The lowest BCUT2D eigenvalue weighted by Crippen LogP contribution is -2.33. The van der Waals surface area contributed by atoms with Gasteiger partial charge < -0.3 is 15.7 Å². The minimum absolute atomic E-state index is 0.106. The minimum atomic E-state index is -0.987. The van der Waals surface area contributed by atoms with Crippen molar-refractivity contribution in [1.82, 2.24) is 4.90 Å². The number of nitrogens with zero attached hydrogens (tertiary/aromatic N) is 1. The summed E-state index contributed by atoms with van der Waals surface area (Å²) in [6.45, 7) is 2.68. The van der Waals surface area contributed by atoms with E-state index in [9.17, 15) is 9.59 Å². The number of rotatable bonds is 8. The molecule has 3 N–H and O–H groups in total. The molecule has 0 aliphatic heterocycles. The first kappa shape index (κ1) is 17.0.